The van der Waals surface area contributed by atoms with Crippen molar-refractivity contribution < 1.29 is 4.74 Å². The lowest BCUT2D eigenvalue weighted by molar-refractivity contribution is -0.00744. The molecule has 0 bridgehead atoms. The van der Waals surface area contributed by atoms with Crippen molar-refractivity contribution in [2.24, 2.45) is 11.8 Å². The summed E-state index contributed by atoms with van der Waals surface area (Å²) >= 11 is 0. The number of pyridine rings is 1. The summed E-state index contributed by atoms with van der Waals surface area (Å²) in [5.41, 5.74) is 3.80. The van der Waals surface area contributed by atoms with E-state index in [1.807, 2.05) is 12.1 Å². The fourth-order valence-corrected chi connectivity index (χ4v) is 2.46. The molecule has 0 aromatic carbocycles. The Morgan fingerprint density at radius 1 is 1.61 bits per heavy atom. The number of aromatic nitrogens is 1. The molecule has 1 fully saturated rings. The summed E-state index contributed by atoms with van der Waals surface area (Å²) in [6.07, 6.45) is 3.31. The summed E-state index contributed by atoms with van der Waals surface area (Å²) in [6.45, 7) is 5.29. The smallest absolute Gasteiger partial charge is 0.140 e. The molecule has 2 unspecified atom stereocenters. The van der Waals surface area contributed by atoms with Crippen LogP contribution in [0, 0.1) is 5.92 Å². The van der Waals surface area contributed by atoms with E-state index in [4.69, 9.17) is 10.6 Å². The maximum absolute atomic E-state index is 5.53. The van der Waals surface area contributed by atoms with Crippen molar-refractivity contribution in [3.63, 3.8) is 0 Å². The van der Waals surface area contributed by atoms with Crippen molar-refractivity contribution in [1.29, 1.82) is 0 Å². The van der Waals surface area contributed by atoms with Gasteiger partial charge in [0.05, 0.1) is 6.10 Å². The molecule has 2 atom stereocenters. The van der Waals surface area contributed by atoms with E-state index in [0.717, 1.165) is 19.6 Å². The SMILES string of the molecule is COC1CN(Cc2ccnc(NN)c2)CCC1C. The van der Waals surface area contributed by atoms with Crippen molar-refractivity contribution in [2.45, 2.75) is 26.0 Å². The molecule has 1 aromatic heterocycles. The van der Waals surface area contributed by atoms with Crippen LogP contribution in [-0.4, -0.2) is 36.2 Å². The van der Waals surface area contributed by atoms with E-state index in [9.17, 15) is 0 Å². The molecular formula is C13H22N4O. The van der Waals surface area contributed by atoms with Crippen LogP contribution >= 0.6 is 0 Å². The zero-order chi connectivity index (χ0) is 13.0. The first-order valence-corrected chi connectivity index (χ1v) is 6.39. The number of likely N-dealkylation sites (tertiary alicyclic amines) is 1. The predicted molar refractivity (Wildman–Crippen MR) is 71.9 cm³/mol. The minimum absolute atomic E-state index is 0.340. The summed E-state index contributed by atoms with van der Waals surface area (Å²) < 4.78 is 5.53. The highest BCUT2D eigenvalue weighted by molar-refractivity contribution is 5.35. The van der Waals surface area contributed by atoms with E-state index >= 15 is 0 Å². The molecule has 2 rings (SSSR count). The van der Waals surface area contributed by atoms with Gasteiger partial charge in [0, 0.05) is 26.4 Å². The van der Waals surface area contributed by atoms with Crippen molar-refractivity contribution in [3.8, 4) is 0 Å². The largest absolute Gasteiger partial charge is 0.380 e. The number of hydrogen-bond acceptors (Lipinski definition) is 5. The number of nitrogens with two attached hydrogens (primary N) is 1. The maximum atomic E-state index is 5.53. The van der Waals surface area contributed by atoms with E-state index < -0.39 is 0 Å². The normalized spacial score (nSPS) is 25.1. The molecule has 2 heterocycles. The van der Waals surface area contributed by atoms with Gasteiger partial charge < -0.3 is 10.2 Å². The van der Waals surface area contributed by atoms with Gasteiger partial charge in [0.15, 0.2) is 0 Å². The Bertz CT molecular complexity index is 385. The lowest BCUT2D eigenvalue weighted by Gasteiger charge is -2.36. The third-order valence-electron chi connectivity index (χ3n) is 3.65. The molecule has 0 spiro atoms. The number of anilines is 1. The standard InChI is InChI=1S/C13H22N4O/c1-10-4-6-17(9-12(10)18-2)8-11-3-5-15-13(7-11)16-14/h3,5,7,10,12H,4,6,8-9,14H2,1-2H3,(H,15,16). The third kappa shape index (κ3) is 3.19. The highest BCUT2D eigenvalue weighted by atomic mass is 16.5. The van der Waals surface area contributed by atoms with Gasteiger partial charge in [-0.15, -0.1) is 0 Å². The first kappa shape index (κ1) is 13.3. The van der Waals surface area contributed by atoms with Gasteiger partial charge in [0.1, 0.15) is 5.82 Å². The minimum Gasteiger partial charge on any atom is -0.380 e. The summed E-state index contributed by atoms with van der Waals surface area (Å²) in [5, 5.41) is 0. The summed E-state index contributed by atoms with van der Waals surface area (Å²) in [7, 11) is 1.80. The number of nitrogen functional groups attached to an aromatic ring is 1. The van der Waals surface area contributed by atoms with Gasteiger partial charge in [-0.2, -0.15) is 0 Å². The molecule has 1 aliphatic heterocycles. The molecule has 1 aliphatic rings. The molecule has 100 valence electrons. The molecule has 1 saturated heterocycles. The number of nitrogens with zero attached hydrogens (tertiary/aromatic N) is 2. The molecule has 18 heavy (non-hydrogen) atoms. The van der Waals surface area contributed by atoms with Crippen LogP contribution in [0.25, 0.3) is 0 Å². The number of hydrazine groups is 1. The van der Waals surface area contributed by atoms with Gasteiger partial charge in [-0.25, -0.2) is 10.8 Å². The van der Waals surface area contributed by atoms with Gasteiger partial charge in [0.25, 0.3) is 0 Å². The molecule has 3 N–H and O–H groups in total. The molecule has 0 saturated carbocycles. The highest BCUT2D eigenvalue weighted by Gasteiger charge is 2.25. The van der Waals surface area contributed by atoms with Gasteiger partial charge in [0.2, 0.25) is 0 Å². The van der Waals surface area contributed by atoms with Crippen LogP contribution in [-0.2, 0) is 11.3 Å². The Kier molecular flexibility index (Phi) is 4.52. The number of piperidine rings is 1. The lowest BCUT2D eigenvalue weighted by atomic mass is 9.95. The fraction of sp³-hybridized carbons (Fsp3) is 0.615. The van der Waals surface area contributed by atoms with Crippen LogP contribution in [0.15, 0.2) is 18.3 Å². The number of rotatable bonds is 4. The van der Waals surface area contributed by atoms with Crippen LogP contribution < -0.4 is 11.3 Å². The van der Waals surface area contributed by atoms with Crippen molar-refractivity contribution >= 4 is 5.82 Å². The van der Waals surface area contributed by atoms with Crippen molar-refractivity contribution in [2.75, 3.05) is 25.6 Å². The Morgan fingerprint density at radius 3 is 3.17 bits per heavy atom. The van der Waals surface area contributed by atoms with Gasteiger partial charge >= 0.3 is 0 Å². The van der Waals surface area contributed by atoms with Gasteiger partial charge in [-0.05, 0) is 36.6 Å². The lowest BCUT2D eigenvalue weighted by Crippen LogP contribution is -2.43. The number of ether oxygens (including phenoxy) is 1. The van der Waals surface area contributed by atoms with Crippen LogP contribution in [0.4, 0.5) is 5.82 Å². The minimum atomic E-state index is 0.340. The first-order valence-electron chi connectivity index (χ1n) is 6.39. The maximum Gasteiger partial charge on any atom is 0.140 e. The quantitative estimate of drug-likeness (QED) is 0.621. The van der Waals surface area contributed by atoms with Gasteiger partial charge in [-0.1, -0.05) is 6.92 Å². The van der Waals surface area contributed by atoms with E-state index in [-0.39, 0.29) is 0 Å². The Hall–Kier alpha value is -1.17. The number of methoxy groups -OCH3 is 1. The molecule has 5 nitrogen and oxygen atoms in total. The summed E-state index contributed by atoms with van der Waals surface area (Å²) in [5.74, 6) is 6.72. The second-order valence-corrected chi connectivity index (χ2v) is 4.97. The Morgan fingerprint density at radius 2 is 2.44 bits per heavy atom. The topological polar surface area (TPSA) is 63.4 Å². The molecular weight excluding hydrogens is 228 g/mol. The van der Waals surface area contributed by atoms with Crippen LogP contribution in [0.2, 0.25) is 0 Å². The monoisotopic (exact) mass is 250 g/mol. The summed E-state index contributed by atoms with van der Waals surface area (Å²) in [6, 6.07) is 4.01. The number of nitrogens with one attached hydrogen (secondary N) is 1. The first-order chi connectivity index (χ1) is 8.72. The predicted octanol–water partition coefficient (Wildman–Crippen LogP) is 1.22. The molecule has 0 amide bonds. The highest BCUT2D eigenvalue weighted by Crippen LogP contribution is 2.21. The average Bonchev–Trinajstić information content (AvgIpc) is 2.41. The van der Waals surface area contributed by atoms with E-state index in [0.29, 0.717) is 17.8 Å². The van der Waals surface area contributed by atoms with Crippen LogP contribution in [0.1, 0.15) is 18.9 Å². The van der Waals surface area contributed by atoms with E-state index in [1.165, 1.54) is 12.0 Å². The van der Waals surface area contributed by atoms with E-state index in [2.05, 4.69) is 22.2 Å². The third-order valence-corrected chi connectivity index (χ3v) is 3.65. The summed E-state index contributed by atoms with van der Waals surface area (Å²) in [4.78, 5) is 6.54. The second-order valence-electron chi connectivity index (χ2n) is 4.97. The van der Waals surface area contributed by atoms with Crippen LogP contribution in [0.3, 0.4) is 0 Å². The van der Waals surface area contributed by atoms with Gasteiger partial charge in [-0.3, -0.25) is 4.90 Å². The zero-order valence-electron chi connectivity index (χ0n) is 11.1. The van der Waals surface area contributed by atoms with Crippen molar-refractivity contribution in [1.82, 2.24) is 9.88 Å². The molecule has 5 heteroatoms. The Balaban J connectivity index is 1.96. The average molecular weight is 250 g/mol. The molecule has 1 aromatic rings. The molecule has 0 aliphatic carbocycles. The van der Waals surface area contributed by atoms with E-state index in [1.54, 1.807) is 13.3 Å². The Labute approximate surface area is 108 Å². The number of hydrogen-bond donors (Lipinski definition) is 2. The second kappa shape index (κ2) is 6.13. The molecule has 0 radical (unpaired) electrons. The van der Waals surface area contributed by atoms with Crippen LogP contribution in [0.5, 0.6) is 0 Å². The zero-order valence-corrected chi connectivity index (χ0v) is 11.1. The fourth-order valence-electron chi connectivity index (χ4n) is 2.46. The van der Waals surface area contributed by atoms with Crippen molar-refractivity contribution in [3.05, 3.63) is 23.9 Å².